The van der Waals surface area contributed by atoms with Gasteiger partial charge in [-0.3, -0.25) is 0 Å². The summed E-state index contributed by atoms with van der Waals surface area (Å²) < 4.78 is 0. The summed E-state index contributed by atoms with van der Waals surface area (Å²) in [6.45, 7) is 0. The average molecular weight is 168 g/mol. The Kier molecular flexibility index (Phi) is 1.25. The molecular weight excluding hydrogens is 160 g/mol. The molecular formula is C11H8N2. The maximum atomic E-state index is 4.44. The first-order chi connectivity index (χ1) is 6.45. The van der Waals surface area contributed by atoms with Gasteiger partial charge in [0.2, 0.25) is 0 Å². The quantitative estimate of drug-likeness (QED) is 0.560. The second-order valence-corrected chi connectivity index (χ2v) is 3.15. The highest BCUT2D eigenvalue weighted by atomic mass is 14.9. The molecule has 2 heteroatoms. The van der Waals surface area contributed by atoms with Gasteiger partial charge in [0.25, 0.3) is 0 Å². The van der Waals surface area contributed by atoms with Gasteiger partial charge in [-0.1, -0.05) is 12.2 Å². The van der Waals surface area contributed by atoms with Gasteiger partial charge >= 0.3 is 0 Å². The molecule has 2 heterocycles. The van der Waals surface area contributed by atoms with Crippen molar-refractivity contribution in [2.45, 2.75) is 6.42 Å². The minimum atomic E-state index is 0.868. The number of pyridine rings is 1. The van der Waals surface area contributed by atoms with Crippen LogP contribution in [0.3, 0.4) is 0 Å². The lowest BCUT2D eigenvalue weighted by molar-refractivity contribution is 1.13. The Labute approximate surface area is 75.7 Å². The van der Waals surface area contributed by atoms with Gasteiger partial charge < -0.3 is 0 Å². The van der Waals surface area contributed by atoms with Crippen LogP contribution in [0.1, 0.15) is 6.42 Å². The Morgan fingerprint density at radius 3 is 3.31 bits per heavy atom. The summed E-state index contributed by atoms with van der Waals surface area (Å²) in [4.78, 5) is 8.66. The Morgan fingerprint density at radius 1 is 1.31 bits per heavy atom. The van der Waals surface area contributed by atoms with Crippen molar-refractivity contribution < 1.29 is 0 Å². The van der Waals surface area contributed by atoms with Crippen molar-refractivity contribution >= 4 is 5.57 Å². The first-order valence-electron chi connectivity index (χ1n) is 4.35. The predicted molar refractivity (Wildman–Crippen MR) is 50.3 cm³/mol. The first-order valence-corrected chi connectivity index (χ1v) is 4.35. The molecule has 0 spiro atoms. The van der Waals surface area contributed by atoms with Crippen molar-refractivity contribution in [1.82, 2.24) is 4.98 Å². The number of allylic oxidation sites excluding steroid dienone is 4. The molecule has 1 aliphatic heterocycles. The lowest BCUT2D eigenvalue weighted by Crippen LogP contribution is -2.25. The number of hydrogen-bond acceptors (Lipinski definition) is 2. The number of aromatic nitrogens is 1. The van der Waals surface area contributed by atoms with Gasteiger partial charge in [0.1, 0.15) is 0 Å². The molecule has 3 rings (SSSR count). The van der Waals surface area contributed by atoms with E-state index in [9.17, 15) is 0 Å². The topological polar surface area (TPSA) is 25.2 Å². The van der Waals surface area contributed by atoms with Crippen LogP contribution in [0.2, 0.25) is 0 Å². The number of rotatable bonds is 0. The molecule has 1 aromatic heterocycles. The zero-order valence-electron chi connectivity index (χ0n) is 7.07. The molecule has 2 aliphatic rings. The Balaban J connectivity index is 2.46. The molecule has 2 nitrogen and oxygen atoms in total. The van der Waals surface area contributed by atoms with E-state index in [1.54, 1.807) is 6.20 Å². The van der Waals surface area contributed by atoms with Gasteiger partial charge in [0.15, 0.2) is 5.49 Å². The van der Waals surface area contributed by atoms with Gasteiger partial charge in [0.05, 0.1) is 5.70 Å². The minimum Gasteiger partial charge on any atom is -0.237 e. The summed E-state index contributed by atoms with van der Waals surface area (Å²) >= 11 is 0. The summed E-state index contributed by atoms with van der Waals surface area (Å²) in [6, 6.07) is 4.05. The third-order valence-corrected chi connectivity index (χ3v) is 2.36. The van der Waals surface area contributed by atoms with E-state index in [2.05, 4.69) is 22.1 Å². The number of hydrogen-bond donors (Lipinski definition) is 0. The maximum absolute atomic E-state index is 4.44. The van der Waals surface area contributed by atoms with E-state index in [1.807, 2.05) is 18.2 Å². The lowest BCUT2D eigenvalue weighted by Gasteiger charge is -2.02. The van der Waals surface area contributed by atoms with Crippen molar-refractivity contribution in [3.05, 3.63) is 53.0 Å². The van der Waals surface area contributed by atoms with Gasteiger partial charge in [0, 0.05) is 11.4 Å². The summed E-state index contributed by atoms with van der Waals surface area (Å²) in [6.07, 6.45) is 9.01. The molecule has 0 bridgehead atoms. The highest BCUT2D eigenvalue weighted by Crippen LogP contribution is 2.21. The zero-order chi connectivity index (χ0) is 8.67. The fourth-order valence-corrected chi connectivity index (χ4v) is 1.74. The van der Waals surface area contributed by atoms with Crippen molar-refractivity contribution in [2.75, 3.05) is 0 Å². The van der Waals surface area contributed by atoms with Crippen molar-refractivity contribution in [3.63, 3.8) is 0 Å². The third kappa shape index (κ3) is 0.886. The number of nitrogens with zero attached hydrogens (tertiary/aromatic N) is 2. The van der Waals surface area contributed by atoms with Gasteiger partial charge in [-0.05, 0) is 30.2 Å². The molecule has 1 aliphatic carbocycles. The fraction of sp³-hybridized carbons (Fsp3) is 0.0909. The molecule has 0 unspecified atom stereocenters. The van der Waals surface area contributed by atoms with Crippen molar-refractivity contribution in [3.8, 4) is 0 Å². The Bertz CT molecular complexity index is 535. The normalized spacial score (nSPS) is 17.5. The maximum Gasteiger partial charge on any atom is 0.160 e. The minimum absolute atomic E-state index is 0.868. The van der Waals surface area contributed by atoms with Crippen LogP contribution in [0.25, 0.3) is 5.57 Å². The molecule has 0 saturated carbocycles. The summed E-state index contributed by atoms with van der Waals surface area (Å²) in [5, 5.41) is 1.19. The second kappa shape index (κ2) is 2.39. The third-order valence-electron chi connectivity index (χ3n) is 2.36. The summed E-state index contributed by atoms with van der Waals surface area (Å²) in [5.41, 5.74) is 3.26. The van der Waals surface area contributed by atoms with Crippen molar-refractivity contribution in [2.24, 2.45) is 4.99 Å². The van der Waals surface area contributed by atoms with Crippen molar-refractivity contribution in [1.29, 1.82) is 0 Å². The molecule has 0 fully saturated rings. The van der Waals surface area contributed by atoms with E-state index >= 15 is 0 Å². The molecule has 0 amide bonds. The Hall–Kier alpha value is -1.70. The van der Waals surface area contributed by atoms with Crippen LogP contribution in [0.4, 0.5) is 0 Å². The Morgan fingerprint density at radius 2 is 2.31 bits per heavy atom. The molecule has 0 N–H and O–H groups in total. The highest BCUT2D eigenvalue weighted by molar-refractivity contribution is 5.68. The van der Waals surface area contributed by atoms with E-state index in [0.717, 1.165) is 17.6 Å². The van der Waals surface area contributed by atoms with Gasteiger partial charge in [-0.25, -0.2) is 9.98 Å². The molecule has 13 heavy (non-hydrogen) atoms. The lowest BCUT2D eigenvalue weighted by atomic mass is 10.0. The molecule has 1 aromatic rings. The van der Waals surface area contributed by atoms with Crippen LogP contribution >= 0.6 is 0 Å². The number of fused-ring (bicyclic) bond motifs is 2. The highest BCUT2D eigenvalue weighted by Gasteiger charge is 2.12. The monoisotopic (exact) mass is 168 g/mol. The smallest absolute Gasteiger partial charge is 0.160 e. The average Bonchev–Trinajstić information content (AvgIpc) is 2.56. The molecule has 0 saturated heterocycles. The van der Waals surface area contributed by atoms with Crippen LogP contribution in [-0.4, -0.2) is 4.98 Å². The second-order valence-electron chi connectivity index (χ2n) is 3.15. The first kappa shape index (κ1) is 6.78. The van der Waals surface area contributed by atoms with E-state index in [-0.39, 0.29) is 0 Å². The van der Waals surface area contributed by atoms with Crippen LogP contribution in [-0.2, 0) is 0 Å². The van der Waals surface area contributed by atoms with Crippen LogP contribution in [0.15, 0.2) is 47.2 Å². The summed E-state index contributed by atoms with van der Waals surface area (Å²) in [5.74, 6) is 0. The summed E-state index contributed by atoms with van der Waals surface area (Å²) in [7, 11) is 0. The van der Waals surface area contributed by atoms with Crippen LogP contribution < -0.4 is 10.7 Å². The van der Waals surface area contributed by atoms with Crippen LogP contribution in [0, 0.1) is 0 Å². The molecule has 62 valence electrons. The van der Waals surface area contributed by atoms with Crippen LogP contribution in [0.5, 0.6) is 0 Å². The zero-order valence-corrected chi connectivity index (χ0v) is 7.07. The molecule has 0 atom stereocenters. The predicted octanol–water partition coefficient (Wildman–Crippen LogP) is 0.709. The van der Waals surface area contributed by atoms with E-state index < -0.39 is 0 Å². The molecule has 0 radical (unpaired) electrons. The van der Waals surface area contributed by atoms with E-state index in [4.69, 9.17) is 0 Å². The fourth-order valence-electron chi connectivity index (χ4n) is 1.74. The van der Waals surface area contributed by atoms with Gasteiger partial charge in [-0.2, -0.15) is 0 Å². The largest absolute Gasteiger partial charge is 0.237 e. The molecule has 0 aromatic carbocycles. The SMILES string of the molecule is C1=CCC2=c3cccnc3=NC2=C1. The van der Waals surface area contributed by atoms with E-state index in [1.165, 1.54) is 10.8 Å². The van der Waals surface area contributed by atoms with E-state index in [0.29, 0.717) is 0 Å². The standard InChI is InChI=1S/C11H8N2/c1-2-6-10-8(4-1)9-5-3-7-12-11(9)13-10/h1-3,5-7H,4H2. The van der Waals surface area contributed by atoms with Gasteiger partial charge in [-0.15, -0.1) is 0 Å².